The molecular weight excluding hydrogens is 1000 g/mol. The monoisotopic (exact) mass is 1090 g/mol. The number of hydrogen-bond acceptors (Lipinski definition) is 31. The molecule has 7 rings (SSSR count). The van der Waals surface area contributed by atoms with E-state index >= 15 is 0 Å². The van der Waals surface area contributed by atoms with Crippen LogP contribution in [0.25, 0.3) is 0 Å². The van der Waals surface area contributed by atoms with E-state index in [4.69, 9.17) is 99.0 Å². The van der Waals surface area contributed by atoms with Crippen LogP contribution in [0.1, 0.15) is 33.1 Å². The summed E-state index contributed by atoms with van der Waals surface area (Å²) >= 11 is 0. The molecule has 31 heteroatoms. The summed E-state index contributed by atoms with van der Waals surface area (Å²) in [4.78, 5) is 0. The minimum atomic E-state index is -1.60. The second kappa shape index (κ2) is 27.2. The van der Waals surface area contributed by atoms with E-state index in [9.17, 15) is 51.1 Å². The number of aliphatic hydroxyl groups is 10. The molecule has 0 bridgehead atoms. The van der Waals surface area contributed by atoms with Crippen LogP contribution in [0.2, 0.25) is 0 Å². The van der Waals surface area contributed by atoms with E-state index in [2.05, 4.69) is 10.6 Å². The summed E-state index contributed by atoms with van der Waals surface area (Å²) in [5.41, 5.74) is 52.6. The predicted octanol–water partition coefficient (Wildman–Crippen LogP) is -12.1. The molecule has 4 saturated heterocycles. The third kappa shape index (κ3) is 13.9. The van der Waals surface area contributed by atoms with Gasteiger partial charge in [-0.05, 0) is 45.9 Å². The van der Waals surface area contributed by atoms with Crippen molar-refractivity contribution in [3.8, 4) is 0 Å². The van der Waals surface area contributed by atoms with Gasteiger partial charge in [-0.3, -0.25) is 0 Å². The van der Waals surface area contributed by atoms with E-state index in [0.29, 0.717) is 25.1 Å². The minimum Gasteiger partial charge on any atom is -0.467 e. The molecule has 0 unspecified atom stereocenters. The van der Waals surface area contributed by atoms with Crippen molar-refractivity contribution in [2.45, 2.75) is 216 Å². The van der Waals surface area contributed by atoms with Crippen molar-refractivity contribution in [2.24, 2.45) is 51.6 Å². The zero-order chi connectivity index (χ0) is 55.4. The summed E-state index contributed by atoms with van der Waals surface area (Å²) in [7, 11) is 1.64. The van der Waals surface area contributed by atoms with Crippen LogP contribution in [-0.2, 0) is 47.4 Å². The number of nitrogens with one attached hydrogen (secondary N) is 2. The molecule has 0 spiro atoms. The fraction of sp³-hybridized carbons (Fsp3) is 0.955. The average molecular weight is 1090 g/mol. The molecule has 31 nitrogen and oxygen atoms in total. The van der Waals surface area contributed by atoms with E-state index < -0.39 is 184 Å². The van der Waals surface area contributed by atoms with Gasteiger partial charge in [-0.15, -0.1) is 0 Å². The largest absolute Gasteiger partial charge is 0.467 e. The maximum absolute atomic E-state index is 11.3. The zero-order valence-corrected chi connectivity index (χ0v) is 42.4. The van der Waals surface area contributed by atoms with E-state index in [1.54, 1.807) is 14.0 Å². The average Bonchev–Trinajstić information content (AvgIpc) is 3.67. The van der Waals surface area contributed by atoms with E-state index in [1.807, 2.05) is 13.0 Å². The maximum Gasteiger partial charge on any atom is 0.215 e. The van der Waals surface area contributed by atoms with Crippen LogP contribution in [0.5, 0.6) is 0 Å². The Bertz CT molecular complexity index is 1780. The van der Waals surface area contributed by atoms with Gasteiger partial charge in [0.2, 0.25) is 6.29 Å². The SMILES string of the molecule is CCN[C@@H]1C[C@H](N)[C@@H](O[C@H]2OC(CN)=CC[C@H]2N)[C@@H](O)[C@H]1O[C@H]1OC[C@](C)(O)[C@@H](NC)[C@H]1O.NC[C@@H]1O[C@H](O[C@H]2[C@@H](O)[C@H](O[C@@H]3[C@@H](O)[C@H](N)C[C@H](N)[C@H]3O[C@H]3O[C@H](CN)[C@@H](O)[C@H](O)[C@H]3N)O[C@@H]2CO)[C@H](N)[C@@H](O)[C@@H]1O. The van der Waals surface area contributed by atoms with Crippen LogP contribution in [0.4, 0.5) is 0 Å². The summed E-state index contributed by atoms with van der Waals surface area (Å²) in [6.45, 7) is 3.34. The number of rotatable bonds is 17. The normalized spacial score (nSPS) is 50.6. The molecule has 75 heavy (non-hydrogen) atoms. The summed E-state index contributed by atoms with van der Waals surface area (Å²) in [6.07, 6.45) is -22.8. The number of likely N-dealkylation sites (N-methyl/N-ethyl adjacent to an activating group) is 2. The molecular formula is C44H87N11O20. The Balaban J connectivity index is 0.000000251. The van der Waals surface area contributed by atoms with Gasteiger partial charge in [0, 0.05) is 37.3 Å². The Morgan fingerprint density at radius 2 is 1.12 bits per heavy atom. The Morgan fingerprint density at radius 1 is 0.587 bits per heavy atom. The van der Waals surface area contributed by atoms with Gasteiger partial charge in [-0.1, -0.05) is 6.92 Å². The molecule has 0 aromatic rings. The molecule has 2 saturated carbocycles. The Kier molecular flexibility index (Phi) is 22.7. The summed E-state index contributed by atoms with van der Waals surface area (Å²) in [5, 5.41) is 112. The second-order valence-corrected chi connectivity index (χ2v) is 20.6. The second-order valence-electron chi connectivity index (χ2n) is 20.6. The fourth-order valence-corrected chi connectivity index (χ4v) is 10.6. The van der Waals surface area contributed by atoms with Gasteiger partial charge in [0.25, 0.3) is 0 Å². The zero-order valence-electron chi connectivity index (χ0n) is 42.4. The van der Waals surface area contributed by atoms with Gasteiger partial charge in [0.15, 0.2) is 25.2 Å². The molecule has 30 atom stereocenters. The van der Waals surface area contributed by atoms with E-state index in [1.165, 1.54) is 0 Å². The van der Waals surface area contributed by atoms with Crippen molar-refractivity contribution >= 4 is 0 Å². The van der Waals surface area contributed by atoms with E-state index in [0.717, 1.165) is 0 Å². The van der Waals surface area contributed by atoms with Crippen molar-refractivity contribution in [1.29, 1.82) is 0 Å². The lowest BCUT2D eigenvalue weighted by atomic mass is 9.83. The molecule has 30 N–H and O–H groups in total. The summed E-state index contributed by atoms with van der Waals surface area (Å²) in [5.74, 6) is 0.572. The van der Waals surface area contributed by atoms with Gasteiger partial charge in [0.1, 0.15) is 103 Å². The first-order valence-corrected chi connectivity index (χ1v) is 25.5. The lowest BCUT2D eigenvalue weighted by Crippen LogP contribution is -2.69. The molecule has 5 heterocycles. The topological polar surface area (TPSA) is 553 Å². The molecule has 7 aliphatic rings. The molecule has 5 aliphatic heterocycles. The smallest absolute Gasteiger partial charge is 0.215 e. The van der Waals surface area contributed by atoms with Crippen molar-refractivity contribution in [2.75, 3.05) is 46.4 Å². The van der Waals surface area contributed by atoms with Crippen molar-refractivity contribution in [3.05, 3.63) is 11.8 Å². The maximum atomic E-state index is 11.3. The Morgan fingerprint density at radius 3 is 1.67 bits per heavy atom. The lowest BCUT2D eigenvalue weighted by molar-refractivity contribution is -0.306. The lowest BCUT2D eigenvalue weighted by Gasteiger charge is -2.49. The molecule has 2 aliphatic carbocycles. The van der Waals surface area contributed by atoms with Crippen LogP contribution in [0.15, 0.2) is 11.8 Å². The predicted molar refractivity (Wildman–Crippen MR) is 258 cm³/mol. The van der Waals surface area contributed by atoms with Gasteiger partial charge in [-0.2, -0.15) is 0 Å². The van der Waals surface area contributed by atoms with Crippen LogP contribution in [0.3, 0.4) is 0 Å². The number of ether oxygens (including phenoxy) is 10. The molecule has 0 aromatic carbocycles. The Labute approximate surface area is 434 Å². The first-order chi connectivity index (χ1) is 35.5. The van der Waals surface area contributed by atoms with Crippen LogP contribution in [0, 0.1) is 0 Å². The molecule has 0 aromatic heterocycles. The summed E-state index contributed by atoms with van der Waals surface area (Å²) in [6, 6.07) is -6.14. The minimum absolute atomic E-state index is 0.0483. The van der Waals surface area contributed by atoms with E-state index in [-0.39, 0.29) is 38.7 Å². The molecule has 0 amide bonds. The Hall–Kier alpha value is -1.66. The fourth-order valence-electron chi connectivity index (χ4n) is 10.6. The highest BCUT2D eigenvalue weighted by molar-refractivity contribution is 5.06. The number of hydrogen-bond donors (Lipinski definition) is 21. The number of nitrogens with two attached hydrogens (primary N) is 9. The van der Waals surface area contributed by atoms with Crippen molar-refractivity contribution in [3.63, 3.8) is 0 Å². The molecule has 0 radical (unpaired) electrons. The van der Waals surface area contributed by atoms with Crippen LogP contribution < -0.4 is 62.2 Å². The number of aliphatic hydroxyl groups excluding tert-OH is 9. The third-order valence-electron chi connectivity index (χ3n) is 15.0. The summed E-state index contributed by atoms with van der Waals surface area (Å²) < 4.78 is 58.2. The third-order valence-corrected chi connectivity index (χ3v) is 15.0. The standard InChI is InChI=1S/C23H46N6O13.C21H41N5O7/c24-2-7-13(32)15(34)10(28)21(37-7)40-18-6(27)1-5(26)12(31)20(18)42-23-17(36)19(9(4-30)39-23)41-22-11(29)16(35)14(33)8(3-25)38-22;1-4-26-13-7-12(24)16(32-19-11(23)6-5-10(8-22)31-19)14(27)17(13)33-20-15(28)18(25-3)21(2,29)9-30-20/h5-23,30-36H,1-4,24-29H2;5,11-20,25-29H,4,6-9,22-24H2,1-3H3/t5-,6+,7-,8+,9-,10-,11-,12+,13-,14-,15-,16-,17-,18-,19-,20-,21-,22-,23+;11-,12+,13-,14-,15-,16-,17+,18+,19-,20-,21+/m11/s1. The van der Waals surface area contributed by atoms with Crippen LogP contribution >= 0.6 is 0 Å². The first kappa shape index (κ1) is 62.5. The van der Waals surface area contributed by atoms with Crippen molar-refractivity contribution in [1.82, 2.24) is 10.6 Å². The van der Waals surface area contributed by atoms with Gasteiger partial charge in [-0.25, -0.2) is 0 Å². The highest BCUT2D eigenvalue weighted by atomic mass is 16.8. The van der Waals surface area contributed by atoms with Crippen molar-refractivity contribution < 1.29 is 98.4 Å². The quantitative estimate of drug-likeness (QED) is 0.0643. The molecule has 6 fully saturated rings. The highest BCUT2D eigenvalue weighted by Crippen LogP contribution is 2.36. The van der Waals surface area contributed by atoms with Gasteiger partial charge < -0.3 is 161 Å². The first-order valence-electron chi connectivity index (χ1n) is 25.5. The van der Waals surface area contributed by atoms with Gasteiger partial charge >= 0.3 is 0 Å². The highest BCUT2D eigenvalue weighted by Gasteiger charge is 2.56. The molecule has 438 valence electrons. The van der Waals surface area contributed by atoms with Gasteiger partial charge in [0.05, 0.1) is 50.0 Å². The van der Waals surface area contributed by atoms with Crippen LogP contribution in [-0.4, -0.2) is 281 Å².